The van der Waals surface area contributed by atoms with E-state index in [1.165, 1.54) is 19.3 Å². The van der Waals surface area contributed by atoms with Crippen LogP contribution in [0.5, 0.6) is 0 Å². The van der Waals surface area contributed by atoms with Gasteiger partial charge in [0, 0.05) is 25.7 Å². The fourth-order valence-electron chi connectivity index (χ4n) is 3.39. The predicted octanol–water partition coefficient (Wildman–Crippen LogP) is 5.80. The Morgan fingerprint density at radius 2 is 1.70 bits per heavy atom. The zero-order valence-corrected chi connectivity index (χ0v) is 18.4. The van der Waals surface area contributed by atoms with Crippen molar-refractivity contribution >= 4 is 17.7 Å². The van der Waals surface area contributed by atoms with Crippen molar-refractivity contribution in [3.63, 3.8) is 0 Å². The highest BCUT2D eigenvalue weighted by Crippen LogP contribution is 2.28. The number of aliphatic carboxylic acids is 1. The van der Waals surface area contributed by atoms with Gasteiger partial charge in [-0.15, -0.1) is 0 Å². The number of amides is 2. The molecule has 5 heteroatoms. The van der Waals surface area contributed by atoms with Crippen molar-refractivity contribution < 1.29 is 14.7 Å². The van der Waals surface area contributed by atoms with Crippen LogP contribution in [0.2, 0.25) is 0 Å². The van der Waals surface area contributed by atoms with E-state index in [1.807, 2.05) is 49.4 Å². The molecular formula is C25H34N2O3. The average molecular weight is 411 g/mol. The van der Waals surface area contributed by atoms with E-state index in [0.717, 1.165) is 40.8 Å². The molecule has 2 aromatic carbocycles. The predicted molar refractivity (Wildman–Crippen MR) is 123 cm³/mol. The maximum Gasteiger partial charge on any atom is 0.321 e. The van der Waals surface area contributed by atoms with Crippen molar-refractivity contribution in [3.05, 3.63) is 53.6 Å². The maximum atomic E-state index is 12.5. The molecule has 0 saturated carbocycles. The molecule has 0 aliphatic heterocycles. The molecule has 0 aliphatic rings. The summed E-state index contributed by atoms with van der Waals surface area (Å²) in [4.78, 5) is 24.9. The first kappa shape index (κ1) is 23.5. The number of benzene rings is 2. The number of nitrogens with zero attached hydrogens (tertiary/aromatic N) is 1. The van der Waals surface area contributed by atoms with Gasteiger partial charge < -0.3 is 10.4 Å². The van der Waals surface area contributed by atoms with Crippen LogP contribution in [-0.4, -0.2) is 30.7 Å². The molecule has 0 aromatic heterocycles. The van der Waals surface area contributed by atoms with E-state index >= 15 is 0 Å². The van der Waals surface area contributed by atoms with E-state index in [0.29, 0.717) is 13.0 Å². The van der Waals surface area contributed by atoms with E-state index in [9.17, 15) is 9.59 Å². The highest BCUT2D eigenvalue weighted by Gasteiger charge is 2.12. The van der Waals surface area contributed by atoms with E-state index in [1.54, 1.807) is 11.9 Å². The van der Waals surface area contributed by atoms with Gasteiger partial charge in [-0.25, -0.2) is 4.79 Å². The number of rotatable bonds is 11. The Morgan fingerprint density at radius 1 is 1.00 bits per heavy atom. The molecule has 162 valence electrons. The van der Waals surface area contributed by atoms with Crippen LogP contribution in [0.25, 0.3) is 11.1 Å². The molecule has 0 saturated heterocycles. The first-order valence-electron chi connectivity index (χ1n) is 10.9. The Hall–Kier alpha value is -2.82. The molecule has 0 fully saturated rings. The van der Waals surface area contributed by atoms with Crippen LogP contribution in [0.15, 0.2) is 42.5 Å². The third kappa shape index (κ3) is 7.21. The molecule has 2 aromatic rings. The zero-order valence-electron chi connectivity index (χ0n) is 18.4. The normalized spacial score (nSPS) is 10.6. The smallest absolute Gasteiger partial charge is 0.321 e. The number of carbonyl (C=O) groups is 2. The number of hydrogen-bond acceptors (Lipinski definition) is 2. The third-order valence-corrected chi connectivity index (χ3v) is 5.36. The van der Waals surface area contributed by atoms with Crippen molar-refractivity contribution in [2.24, 2.45) is 0 Å². The summed E-state index contributed by atoms with van der Waals surface area (Å²) in [6, 6.07) is 13.9. The number of carboxylic acid groups (broad SMARTS) is 1. The van der Waals surface area contributed by atoms with Crippen LogP contribution >= 0.6 is 0 Å². The minimum atomic E-state index is -0.787. The number of nitrogens with one attached hydrogen (secondary N) is 1. The van der Waals surface area contributed by atoms with Crippen molar-refractivity contribution in [3.8, 4) is 11.1 Å². The molecule has 2 rings (SSSR count). The maximum absolute atomic E-state index is 12.5. The third-order valence-electron chi connectivity index (χ3n) is 5.36. The van der Waals surface area contributed by atoms with Crippen LogP contribution in [0.1, 0.15) is 56.6 Å². The second kappa shape index (κ2) is 12.0. The Kier molecular flexibility index (Phi) is 9.39. The summed E-state index contributed by atoms with van der Waals surface area (Å²) in [5, 5.41) is 11.8. The first-order valence-corrected chi connectivity index (χ1v) is 10.9. The number of carboxylic acids is 1. The molecule has 0 radical (unpaired) electrons. The Balaban J connectivity index is 2.01. The van der Waals surface area contributed by atoms with Gasteiger partial charge in [-0.2, -0.15) is 0 Å². The summed E-state index contributed by atoms with van der Waals surface area (Å²) in [6.07, 6.45) is 6.50. The van der Waals surface area contributed by atoms with Gasteiger partial charge in [0.1, 0.15) is 0 Å². The lowest BCUT2D eigenvalue weighted by molar-refractivity contribution is -0.136. The van der Waals surface area contributed by atoms with Crippen LogP contribution in [0, 0.1) is 6.92 Å². The van der Waals surface area contributed by atoms with Crippen molar-refractivity contribution in [1.82, 2.24) is 5.32 Å². The standard InChI is InChI=1S/C25H34N2O3/c1-4-5-6-7-8-17-26-25(30)27(3)22-15-9-19(2)23(18-22)21-13-10-20(11-14-21)12-16-24(28)29/h9-11,13-15,18H,4-8,12,16-17H2,1-3H3,(H,26,30)(H,28,29). The molecular weight excluding hydrogens is 376 g/mol. The number of anilines is 1. The van der Waals surface area contributed by atoms with Gasteiger partial charge in [-0.3, -0.25) is 9.69 Å². The topological polar surface area (TPSA) is 69.6 Å². The number of carbonyl (C=O) groups excluding carboxylic acids is 1. The number of aryl methyl sites for hydroxylation is 2. The second-order valence-electron chi connectivity index (χ2n) is 7.80. The van der Waals surface area contributed by atoms with Gasteiger partial charge in [0.05, 0.1) is 0 Å². The molecule has 0 bridgehead atoms. The lowest BCUT2D eigenvalue weighted by Crippen LogP contribution is -2.37. The van der Waals surface area contributed by atoms with E-state index in [4.69, 9.17) is 5.11 Å². The monoisotopic (exact) mass is 410 g/mol. The fourth-order valence-corrected chi connectivity index (χ4v) is 3.39. The second-order valence-corrected chi connectivity index (χ2v) is 7.80. The van der Waals surface area contributed by atoms with Crippen LogP contribution < -0.4 is 10.2 Å². The van der Waals surface area contributed by atoms with Gasteiger partial charge in [-0.1, -0.05) is 62.9 Å². The molecule has 30 heavy (non-hydrogen) atoms. The summed E-state index contributed by atoms with van der Waals surface area (Å²) in [6.45, 7) is 4.94. The molecule has 2 amide bonds. The number of hydrogen-bond donors (Lipinski definition) is 2. The van der Waals surface area contributed by atoms with Gasteiger partial charge in [0.2, 0.25) is 0 Å². The molecule has 5 nitrogen and oxygen atoms in total. The van der Waals surface area contributed by atoms with Crippen molar-refractivity contribution in [2.45, 2.75) is 58.8 Å². The highest BCUT2D eigenvalue weighted by molar-refractivity contribution is 5.92. The molecule has 0 aliphatic carbocycles. The highest BCUT2D eigenvalue weighted by atomic mass is 16.4. The summed E-state index contributed by atoms with van der Waals surface area (Å²) < 4.78 is 0. The zero-order chi connectivity index (χ0) is 21.9. The molecule has 0 heterocycles. The van der Waals surface area contributed by atoms with Crippen molar-refractivity contribution in [2.75, 3.05) is 18.5 Å². The van der Waals surface area contributed by atoms with Crippen molar-refractivity contribution in [1.29, 1.82) is 0 Å². The fraction of sp³-hybridized carbons (Fsp3) is 0.440. The lowest BCUT2D eigenvalue weighted by Gasteiger charge is -2.20. The quantitative estimate of drug-likeness (QED) is 0.460. The first-order chi connectivity index (χ1) is 14.4. The Bertz CT molecular complexity index is 831. The summed E-state index contributed by atoms with van der Waals surface area (Å²) >= 11 is 0. The van der Waals surface area contributed by atoms with Crippen LogP contribution in [0.3, 0.4) is 0 Å². The van der Waals surface area contributed by atoms with Crippen LogP contribution in [0.4, 0.5) is 10.5 Å². The van der Waals surface area contributed by atoms with E-state index in [-0.39, 0.29) is 12.5 Å². The molecule has 0 unspecified atom stereocenters. The van der Waals surface area contributed by atoms with E-state index in [2.05, 4.69) is 12.2 Å². The van der Waals surface area contributed by atoms with Crippen LogP contribution in [-0.2, 0) is 11.2 Å². The average Bonchev–Trinajstić information content (AvgIpc) is 2.75. The summed E-state index contributed by atoms with van der Waals surface area (Å²) in [5.74, 6) is -0.787. The van der Waals surface area contributed by atoms with Gasteiger partial charge in [0.15, 0.2) is 0 Å². The minimum absolute atomic E-state index is 0.0932. The van der Waals surface area contributed by atoms with Gasteiger partial charge in [0.25, 0.3) is 0 Å². The SMILES string of the molecule is CCCCCCCNC(=O)N(C)c1ccc(C)c(-c2ccc(CCC(=O)O)cc2)c1. The summed E-state index contributed by atoms with van der Waals surface area (Å²) in [5.41, 5.74) is 5.09. The number of unbranched alkanes of at least 4 members (excludes halogenated alkanes) is 4. The van der Waals surface area contributed by atoms with Gasteiger partial charge in [-0.05, 0) is 54.2 Å². The molecule has 0 atom stereocenters. The number of urea groups is 1. The lowest BCUT2D eigenvalue weighted by atomic mass is 9.98. The molecule has 0 spiro atoms. The van der Waals surface area contributed by atoms with E-state index < -0.39 is 5.97 Å². The molecule has 2 N–H and O–H groups in total. The minimum Gasteiger partial charge on any atom is -0.481 e. The van der Waals surface area contributed by atoms with Gasteiger partial charge >= 0.3 is 12.0 Å². The Morgan fingerprint density at radius 3 is 2.37 bits per heavy atom. The Labute approximate surface area is 180 Å². The largest absolute Gasteiger partial charge is 0.481 e. The summed E-state index contributed by atoms with van der Waals surface area (Å²) in [7, 11) is 1.79.